The fourth-order valence-electron chi connectivity index (χ4n) is 9.49. The Morgan fingerprint density at radius 2 is 0.890 bits per heavy atom. The van der Waals surface area contributed by atoms with E-state index < -0.39 is 131 Å². The molecule has 2 aliphatic heterocycles. The number of nitrogen functional groups attached to an aromatic ring is 2. The molecule has 109 heavy (non-hydrogen) atoms. The maximum atomic E-state index is 15.7. The van der Waals surface area contributed by atoms with Gasteiger partial charge in [0.15, 0.2) is 46.7 Å². The molecule has 45 heteroatoms. The largest absolute Gasteiger partial charge is 0.469 e. The van der Waals surface area contributed by atoms with E-state index in [4.69, 9.17) is 94.8 Å². The average molecular weight is 1710 g/mol. The molecule has 2 aliphatic rings. The quantitative estimate of drug-likeness (QED) is 0.0168. The number of carbonyl (C=O) groups excluding carboxylic acids is 4. The summed E-state index contributed by atoms with van der Waals surface area (Å²) in [4.78, 5) is 68.3. The Labute approximate surface area is 650 Å². The number of para-hydroxylation sites is 4. The fraction of sp³-hybridized carbons (Fsp3) is 0.406. The van der Waals surface area contributed by atoms with Crippen molar-refractivity contribution in [1.29, 1.82) is 0 Å². The third kappa shape index (κ3) is 28.4. The summed E-state index contributed by atoms with van der Waals surface area (Å²) in [6.07, 6.45) is -6.48. The number of benzene rings is 4. The lowest BCUT2D eigenvalue weighted by Crippen LogP contribution is -2.41. The van der Waals surface area contributed by atoms with Crippen molar-refractivity contribution in [2.24, 2.45) is 17.6 Å². The number of hydrogen-bond acceptors (Lipinski definition) is 31. The molecule has 6 heterocycles. The summed E-state index contributed by atoms with van der Waals surface area (Å²) in [5.74, 6) is -1.42. The van der Waals surface area contributed by atoms with Crippen LogP contribution in [-0.4, -0.2) is 180 Å². The van der Waals surface area contributed by atoms with Crippen LogP contribution in [0.4, 0.5) is 20.4 Å². The van der Waals surface area contributed by atoms with Crippen LogP contribution in [-0.2, 0) is 70.4 Å². The van der Waals surface area contributed by atoms with E-state index in [1.807, 2.05) is 12.1 Å². The first kappa shape index (κ1) is 93.9. The van der Waals surface area contributed by atoms with Crippen molar-refractivity contribution in [2.75, 3.05) is 65.4 Å². The molecule has 600 valence electrons. The van der Waals surface area contributed by atoms with Crippen molar-refractivity contribution in [3.05, 3.63) is 147 Å². The number of fused-ring (bicyclic) bond motifs is 2. The van der Waals surface area contributed by atoms with Gasteiger partial charge in [0.05, 0.1) is 78.5 Å². The first-order chi connectivity index (χ1) is 50.7. The van der Waals surface area contributed by atoms with Gasteiger partial charge in [-0.15, -0.1) is 12.4 Å². The SMILES string of the molecule is COC(=O)[C@H](C)CP(=O)(Cl)Oc1ccccc1.COC(=O)[C@H](C)CP(=O)(Cl)Oc1ccccc1.COC(=O)[C@H](C)N.COC(=O)[C@H](C)NP(=O)(OC[C@H]1O[C@@H](n2cnc3c(N)ncnc32)[C@](C)(F)[C@@H]1O)Oc1ccccc1.C[C@@]1(F)[C@H](O)[C@@H](CO)O[C@H]1n1cnc2c(N)ncnc21.Cl.O=P(Cl)(Cl)Oc1ccccc1. The first-order valence-electron chi connectivity index (χ1n) is 31.8. The Bertz CT molecular complexity index is 4330. The molecule has 0 bridgehead atoms. The van der Waals surface area contributed by atoms with E-state index in [1.165, 1.54) is 88.9 Å². The number of methoxy groups -OCH3 is 4. The molecule has 10 rings (SSSR count). The van der Waals surface area contributed by atoms with Crippen molar-refractivity contribution in [3.63, 3.8) is 0 Å². The van der Waals surface area contributed by atoms with Crippen LogP contribution >= 0.6 is 84.6 Å². The molecule has 4 aromatic carbocycles. The van der Waals surface area contributed by atoms with E-state index in [-0.39, 0.29) is 59.2 Å². The minimum atomic E-state index is -4.23. The van der Waals surface area contributed by atoms with Gasteiger partial charge in [0.1, 0.15) is 83.2 Å². The Morgan fingerprint density at radius 1 is 0.550 bits per heavy atom. The Balaban J connectivity index is 0.000000296. The van der Waals surface area contributed by atoms with Crippen LogP contribution < -0.4 is 40.4 Å². The molecule has 15 atom stereocenters. The summed E-state index contributed by atoms with van der Waals surface area (Å²) in [6.45, 7) is 0.751. The molecule has 3 unspecified atom stereocenters. The molecular formula is C64H83Cl5F2N12O22P4. The van der Waals surface area contributed by atoms with Gasteiger partial charge < -0.3 is 79.0 Å². The lowest BCUT2D eigenvalue weighted by Gasteiger charge is -2.25. The number of rotatable bonds is 24. The van der Waals surface area contributed by atoms with Crippen LogP contribution in [0, 0.1) is 11.8 Å². The highest BCUT2D eigenvalue weighted by molar-refractivity contribution is 8.05. The highest BCUT2D eigenvalue weighted by atomic mass is 35.9. The third-order valence-corrected chi connectivity index (χ3v) is 21.5. The molecule has 2 saturated heterocycles. The average Bonchev–Trinajstić information content (AvgIpc) is 1.61. The number of hydrogen-bond donors (Lipinski definition) is 7. The van der Waals surface area contributed by atoms with Gasteiger partial charge in [0, 0.05) is 22.5 Å². The second kappa shape index (κ2) is 42.8. The number of nitrogens with two attached hydrogens (primary N) is 3. The highest BCUT2D eigenvalue weighted by Crippen LogP contribution is 2.57. The summed E-state index contributed by atoms with van der Waals surface area (Å²) in [5, 5.41) is 32.2. The van der Waals surface area contributed by atoms with Crippen LogP contribution in [0.2, 0.25) is 0 Å². The van der Waals surface area contributed by atoms with Gasteiger partial charge in [0.25, 0.3) is 0 Å². The normalized spacial score (nSPS) is 21.8. The second-order valence-electron chi connectivity index (χ2n) is 23.5. The van der Waals surface area contributed by atoms with Gasteiger partial charge in [-0.05, 0) is 98.7 Å². The number of aliphatic hydroxyl groups is 3. The number of aromatic nitrogens is 8. The molecular weight excluding hydrogens is 1630 g/mol. The Morgan fingerprint density at radius 3 is 1.21 bits per heavy atom. The number of anilines is 2. The Kier molecular flexibility index (Phi) is 36.9. The maximum absolute atomic E-state index is 15.7. The molecule has 0 amide bonds. The zero-order valence-electron chi connectivity index (χ0n) is 59.8. The molecule has 0 radical (unpaired) electrons. The summed E-state index contributed by atoms with van der Waals surface area (Å²) < 4.78 is 136. The van der Waals surface area contributed by atoms with E-state index >= 15 is 4.39 Å². The summed E-state index contributed by atoms with van der Waals surface area (Å²) in [5.41, 5.74) is 13.2. The number of carbonyl (C=O) groups is 4. The summed E-state index contributed by atoms with van der Waals surface area (Å²) in [7, 11) is 0.802. The van der Waals surface area contributed by atoms with Crippen molar-refractivity contribution in [2.45, 2.75) is 102 Å². The summed E-state index contributed by atoms with van der Waals surface area (Å²) >= 11 is 21.9. The molecule has 34 nitrogen and oxygen atoms in total. The van der Waals surface area contributed by atoms with Crippen LogP contribution in [0.25, 0.3) is 22.3 Å². The number of nitrogens with one attached hydrogen (secondary N) is 1. The van der Waals surface area contributed by atoms with Crippen molar-refractivity contribution < 1.29 is 113 Å². The third-order valence-electron chi connectivity index (χ3n) is 14.9. The minimum Gasteiger partial charge on any atom is -0.469 e. The first-order valence-corrected chi connectivity index (χ1v) is 42.2. The van der Waals surface area contributed by atoms with Gasteiger partial charge in [-0.25, -0.2) is 47.8 Å². The van der Waals surface area contributed by atoms with Crippen LogP contribution in [0.1, 0.15) is 54.0 Å². The van der Waals surface area contributed by atoms with E-state index in [0.29, 0.717) is 28.4 Å². The Hall–Kier alpha value is -7.43. The number of ether oxygens (including phenoxy) is 6. The maximum Gasteiger partial charge on any atom is 0.459 e. The smallest absolute Gasteiger partial charge is 0.459 e. The summed E-state index contributed by atoms with van der Waals surface area (Å²) in [6, 6.07) is 32.3. The monoisotopic (exact) mass is 1710 g/mol. The predicted octanol–water partition coefficient (Wildman–Crippen LogP) is 11.3. The lowest BCUT2D eigenvalue weighted by molar-refractivity contribution is -0.144. The number of aliphatic hydroxyl groups excluding tert-OH is 3. The van der Waals surface area contributed by atoms with Gasteiger partial charge >= 0.3 is 51.1 Å². The molecule has 10 N–H and O–H groups in total. The van der Waals surface area contributed by atoms with Crippen molar-refractivity contribution in [3.8, 4) is 23.0 Å². The van der Waals surface area contributed by atoms with Crippen LogP contribution in [0.5, 0.6) is 23.0 Å². The van der Waals surface area contributed by atoms with E-state index in [2.05, 4.69) is 58.5 Å². The molecule has 0 saturated carbocycles. The van der Waals surface area contributed by atoms with E-state index in [1.54, 1.807) is 118 Å². The molecule has 0 spiro atoms. The van der Waals surface area contributed by atoms with Crippen molar-refractivity contribution in [1.82, 2.24) is 44.1 Å². The second-order valence-corrected chi connectivity index (χ2v) is 35.9. The standard InChI is InChI=1S/C21H26FN6O7P.2C11H14ClO4P.C11H14FN5O3.C6H5Cl2O2P.C4H9NO2.ClH/c1-12(19(30)32-3)27-36(31,35-13-7-5-4-6-8-13)33-9-14-16(29)21(2,22)20(34-14)28-11-26-15-17(23)24-10-25-18(15)28;2*1-9(11(13)15-2)8-17(12,14)16-10-6-4-3-5-7-10;1-11(12)7(19)5(2-18)20-10(11)17-4-16-6-8(13)14-3-15-9(6)17;7-11(8,9)10-6-4-2-1-3-5-6;1-3(5)4(6)7-2;/h4-8,10-12,14,16,20,29H,9H2,1-3H3,(H,27,31)(H2,23,24,25);2*3-7,9H,8H2,1-2H3;3-5,7,10,18-19H,2H2,1H3,(H2,13,14,15);1-5H;3H,5H2,1-2H3;1H/t12-,14+,16+,20+,21+,36?;2*9-,17?;5-,7-,10-,11-;;3-;/m0111.0./s1. The topological polar surface area (TPSA) is 476 Å². The number of alkyl halides is 2. The van der Waals surface area contributed by atoms with Gasteiger partial charge in [0.2, 0.25) is 0 Å². The zero-order valence-corrected chi connectivity index (χ0v) is 67.2. The lowest BCUT2D eigenvalue weighted by atomic mass is 9.98. The van der Waals surface area contributed by atoms with Crippen LogP contribution in [0.3, 0.4) is 0 Å². The predicted molar refractivity (Wildman–Crippen MR) is 403 cm³/mol. The number of halogens is 7. The fourth-order valence-corrected chi connectivity index (χ4v) is 16.2. The number of esters is 4. The molecule has 2 fully saturated rings. The molecule has 8 aromatic rings. The van der Waals surface area contributed by atoms with E-state index in [0.717, 1.165) is 6.92 Å². The molecule has 0 aliphatic carbocycles. The van der Waals surface area contributed by atoms with Crippen molar-refractivity contribution >= 4 is 142 Å². The van der Waals surface area contributed by atoms with Gasteiger partial charge in [-0.3, -0.25) is 42.0 Å². The highest BCUT2D eigenvalue weighted by Gasteiger charge is 2.57. The van der Waals surface area contributed by atoms with E-state index in [9.17, 15) is 52.0 Å². The molecule has 4 aromatic heterocycles. The van der Waals surface area contributed by atoms with Crippen LogP contribution in [0.15, 0.2) is 147 Å². The van der Waals surface area contributed by atoms with Gasteiger partial charge in [-0.1, -0.05) is 86.6 Å². The number of imidazole rings is 2. The van der Waals surface area contributed by atoms with Gasteiger partial charge in [-0.2, -0.15) is 5.09 Å². The minimum absolute atomic E-state index is 0. The number of nitrogens with zero attached hydrogens (tertiary/aromatic N) is 8. The zero-order chi connectivity index (χ0) is 80.5.